The van der Waals surface area contributed by atoms with Gasteiger partial charge in [0.25, 0.3) is 5.69 Å². The number of carbonyl (C=O) groups excluding carboxylic acids is 1. The Kier molecular flexibility index (Phi) is 4.92. The highest BCUT2D eigenvalue weighted by atomic mass is 32.2. The summed E-state index contributed by atoms with van der Waals surface area (Å²) in [6.45, 7) is 2.00. The molecular weight excluding hydrogens is 312 g/mol. The van der Waals surface area contributed by atoms with Gasteiger partial charge in [0.1, 0.15) is 0 Å². The first-order valence-corrected chi connectivity index (χ1v) is 7.36. The summed E-state index contributed by atoms with van der Waals surface area (Å²) in [6.07, 6.45) is 0.482. The van der Waals surface area contributed by atoms with Gasteiger partial charge in [-0.1, -0.05) is 12.1 Å². The first kappa shape index (κ1) is 15.5. The molecular formula is C13H12N2O4S2. The van der Waals surface area contributed by atoms with E-state index in [4.69, 9.17) is 4.74 Å². The molecule has 0 spiro atoms. The molecule has 0 saturated carbocycles. The second-order valence-corrected chi connectivity index (χ2v) is 5.92. The molecule has 0 aliphatic carbocycles. The van der Waals surface area contributed by atoms with Crippen molar-refractivity contribution >= 4 is 35.6 Å². The molecule has 0 aliphatic heterocycles. The van der Waals surface area contributed by atoms with Crippen molar-refractivity contribution in [2.75, 3.05) is 6.61 Å². The average Bonchev–Trinajstić information content (AvgIpc) is 2.80. The van der Waals surface area contributed by atoms with Crippen LogP contribution in [0.2, 0.25) is 0 Å². The quantitative estimate of drug-likeness (QED) is 0.395. The van der Waals surface area contributed by atoms with Crippen molar-refractivity contribution in [3.63, 3.8) is 0 Å². The molecule has 0 bridgehead atoms. The second kappa shape index (κ2) is 6.68. The van der Waals surface area contributed by atoms with Crippen LogP contribution in [0.3, 0.4) is 0 Å². The minimum atomic E-state index is -0.492. The maximum Gasteiger partial charge on any atom is 0.358 e. The Hall–Kier alpha value is -1.93. The Balaban J connectivity index is 2.14. The van der Waals surface area contributed by atoms with Crippen LogP contribution in [0.4, 0.5) is 5.69 Å². The Labute approximate surface area is 130 Å². The molecule has 1 aromatic heterocycles. The molecule has 0 unspecified atom stereocenters. The van der Waals surface area contributed by atoms with E-state index in [0.29, 0.717) is 15.6 Å². The molecule has 8 heteroatoms. The highest BCUT2D eigenvalue weighted by molar-refractivity contribution is 7.83. The van der Waals surface area contributed by atoms with Gasteiger partial charge in [-0.15, -0.1) is 24.0 Å². The molecule has 1 heterocycles. The number of aromatic nitrogens is 1. The molecule has 110 valence electrons. The van der Waals surface area contributed by atoms with Crippen LogP contribution in [0.5, 0.6) is 0 Å². The summed E-state index contributed by atoms with van der Waals surface area (Å²) in [6, 6.07) is 6.22. The molecule has 2 rings (SSSR count). The van der Waals surface area contributed by atoms with Gasteiger partial charge in [-0.2, -0.15) is 0 Å². The Bertz CT molecular complexity index is 667. The number of esters is 1. The average molecular weight is 324 g/mol. The van der Waals surface area contributed by atoms with Crippen molar-refractivity contribution in [3.8, 4) is 0 Å². The van der Waals surface area contributed by atoms with Crippen molar-refractivity contribution in [2.24, 2.45) is 0 Å². The number of nitro benzene ring substituents is 1. The van der Waals surface area contributed by atoms with Crippen LogP contribution in [0.1, 0.15) is 28.0 Å². The molecule has 0 aliphatic rings. The lowest BCUT2D eigenvalue weighted by atomic mass is 10.1. The van der Waals surface area contributed by atoms with Gasteiger partial charge in [0.15, 0.2) is 5.69 Å². The number of benzene rings is 1. The van der Waals surface area contributed by atoms with Crippen molar-refractivity contribution < 1.29 is 14.5 Å². The SMILES string of the molecule is CCOC(=O)c1nc(Cc2ccc([N+](=O)[O-])cc2)sc1S. The first-order valence-electron chi connectivity index (χ1n) is 6.10. The van der Waals surface area contributed by atoms with Crippen molar-refractivity contribution in [3.05, 3.63) is 50.6 Å². The second-order valence-electron chi connectivity index (χ2n) is 4.08. The van der Waals surface area contributed by atoms with Gasteiger partial charge in [-0.25, -0.2) is 9.78 Å². The van der Waals surface area contributed by atoms with E-state index in [0.717, 1.165) is 5.56 Å². The standard InChI is InChI=1S/C13H12N2O4S2/c1-2-19-12(16)11-13(20)21-10(14-11)7-8-3-5-9(6-4-8)15(17)18/h3-6,20H,2,7H2,1H3. The van der Waals surface area contributed by atoms with Crippen LogP contribution >= 0.6 is 24.0 Å². The van der Waals surface area contributed by atoms with Crippen LogP contribution in [-0.2, 0) is 11.2 Å². The lowest BCUT2D eigenvalue weighted by Gasteiger charge is -1.98. The smallest absolute Gasteiger partial charge is 0.358 e. The molecule has 0 amide bonds. The normalized spacial score (nSPS) is 10.4. The predicted molar refractivity (Wildman–Crippen MR) is 81.2 cm³/mol. The minimum absolute atomic E-state index is 0.0417. The summed E-state index contributed by atoms with van der Waals surface area (Å²) < 4.78 is 5.40. The summed E-state index contributed by atoms with van der Waals surface area (Å²) in [5.74, 6) is -0.492. The summed E-state index contributed by atoms with van der Waals surface area (Å²) in [7, 11) is 0. The minimum Gasteiger partial charge on any atom is -0.461 e. The fourth-order valence-corrected chi connectivity index (χ4v) is 2.96. The third-order valence-corrected chi connectivity index (χ3v) is 3.97. The zero-order valence-corrected chi connectivity index (χ0v) is 12.8. The van der Waals surface area contributed by atoms with Crippen LogP contribution in [0.25, 0.3) is 0 Å². The fraction of sp³-hybridized carbons (Fsp3) is 0.231. The fourth-order valence-electron chi connectivity index (χ4n) is 1.67. The Morgan fingerprint density at radius 3 is 2.67 bits per heavy atom. The molecule has 2 aromatic rings. The zero-order chi connectivity index (χ0) is 15.4. The number of non-ortho nitro benzene ring substituents is 1. The number of thiazole rings is 1. The van der Waals surface area contributed by atoms with Crippen LogP contribution < -0.4 is 0 Å². The lowest BCUT2D eigenvalue weighted by Crippen LogP contribution is -2.06. The molecule has 0 saturated heterocycles. The Morgan fingerprint density at radius 2 is 2.10 bits per heavy atom. The number of nitro groups is 1. The van der Waals surface area contributed by atoms with E-state index < -0.39 is 10.9 Å². The molecule has 6 nitrogen and oxygen atoms in total. The van der Waals surface area contributed by atoms with E-state index in [1.807, 2.05) is 0 Å². The van der Waals surface area contributed by atoms with Gasteiger partial charge in [-0.3, -0.25) is 10.1 Å². The lowest BCUT2D eigenvalue weighted by molar-refractivity contribution is -0.384. The third kappa shape index (κ3) is 3.79. The van der Waals surface area contributed by atoms with E-state index >= 15 is 0 Å². The highest BCUT2D eigenvalue weighted by Gasteiger charge is 2.17. The molecule has 1 aromatic carbocycles. The van der Waals surface area contributed by atoms with Gasteiger partial charge in [0.05, 0.1) is 20.7 Å². The maximum absolute atomic E-state index is 11.6. The highest BCUT2D eigenvalue weighted by Crippen LogP contribution is 2.25. The molecule has 0 fully saturated rings. The van der Waals surface area contributed by atoms with E-state index in [1.165, 1.54) is 23.5 Å². The number of hydrogen-bond acceptors (Lipinski definition) is 7. The molecule has 21 heavy (non-hydrogen) atoms. The molecule has 0 N–H and O–H groups in total. The van der Waals surface area contributed by atoms with Gasteiger partial charge in [0.2, 0.25) is 0 Å². The zero-order valence-electron chi connectivity index (χ0n) is 11.1. The van der Waals surface area contributed by atoms with Crippen molar-refractivity contribution in [1.29, 1.82) is 0 Å². The Morgan fingerprint density at radius 1 is 1.43 bits per heavy atom. The molecule has 0 atom stereocenters. The summed E-state index contributed by atoms with van der Waals surface area (Å²) in [5.41, 5.74) is 1.13. The maximum atomic E-state index is 11.6. The number of ether oxygens (including phenoxy) is 1. The number of nitrogens with zero attached hydrogens (tertiary/aromatic N) is 2. The number of hydrogen-bond donors (Lipinski definition) is 1. The van der Waals surface area contributed by atoms with E-state index in [2.05, 4.69) is 17.6 Å². The van der Waals surface area contributed by atoms with Gasteiger partial charge < -0.3 is 4.74 Å². The van der Waals surface area contributed by atoms with E-state index in [1.54, 1.807) is 19.1 Å². The predicted octanol–water partition coefficient (Wildman–Crippen LogP) is 3.11. The summed E-state index contributed by atoms with van der Waals surface area (Å²) in [5, 5.41) is 11.3. The summed E-state index contributed by atoms with van der Waals surface area (Å²) in [4.78, 5) is 26.0. The van der Waals surface area contributed by atoms with Gasteiger partial charge in [0, 0.05) is 18.6 Å². The third-order valence-electron chi connectivity index (χ3n) is 2.62. The van der Waals surface area contributed by atoms with Crippen molar-refractivity contribution in [2.45, 2.75) is 17.6 Å². The number of rotatable bonds is 5. The number of carbonyl (C=O) groups is 1. The van der Waals surface area contributed by atoms with Crippen LogP contribution in [0, 0.1) is 10.1 Å². The van der Waals surface area contributed by atoms with Gasteiger partial charge >= 0.3 is 5.97 Å². The first-order chi connectivity index (χ1) is 10.0. The monoisotopic (exact) mass is 324 g/mol. The summed E-state index contributed by atoms with van der Waals surface area (Å²) >= 11 is 5.52. The van der Waals surface area contributed by atoms with Gasteiger partial charge in [-0.05, 0) is 12.5 Å². The largest absolute Gasteiger partial charge is 0.461 e. The topological polar surface area (TPSA) is 82.3 Å². The molecule has 0 radical (unpaired) electrons. The van der Waals surface area contributed by atoms with Crippen molar-refractivity contribution in [1.82, 2.24) is 4.98 Å². The van der Waals surface area contributed by atoms with Crippen LogP contribution in [-0.4, -0.2) is 22.5 Å². The van der Waals surface area contributed by atoms with E-state index in [9.17, 15) is 14.9 Å². The number of thiol groups is 1. The van der Waals surface area contributed by atoms with Crippen LogP contribution in [0.15, 0.2) is 28.5 Å². The van der Waals surface area contributed by atoms with E-state index in [-0.39, 0.29) is 18.0 Å².